The van der Waals surface area contributed by atoms with Crippen LogP contribution >= 0.6 is 10.4 Å². The van der Waals surface area contributed by atoms with Crippen molar-refractivity contribution >= 4 is 16.5 Å². The van der Waals surface area contributed by atoms with Gasteiger partial charge in [0.25, 0.3) is 0 Å². The Kier molecular flexibility index (Phi) is 3.56. The summed E-state index contributed by atoms with van der Waals surface area (Å²) in [6, 6.07) is 14.1. The molecule has 0 radical (unpaired) electrons. The van der Waals surface area contributed by atoms with Crippen molar-refractivity contribution in [2.24, 2.45) is 4.40 Å². The Labute approximate surface area is 122 Å². The van der Waals surface area contributed by atoms with E-state index in [-0.39, 0.29) is 11.5 Å². The summed E-state index contributed by atoms with van der Waals surface area (Å²) in [5.74, 6) is -0.252. The molecule has 9 heteroatoms. The number of benzene rings is 2. The van der Waals surface area contributed by atoms with Gasteiger partial charge in [0.15, 0.2) is 0 Å². The summed E-state index contributed by atoms with van der Waals surface area (Å²) in [7, 11) is -10.1. The van der Waals surface area contributed by atoms with Gasteiger partial charge < -0.3 is 9.47 Å². The first-order chi connectivity index (χ1) is 10.0. The molecule has 0 N–H and O–H groups in total. The maximum Gasteiger partial charge on any atom is 0.413 e. The summed E-state index contributed by atoms with van der Waals surface area (Å²) >= 11 is 0. The molecule has 0 fully saturated rings. The average molecular weight is 339 g/mol. The van der Waals surface area contributed by atoms with E-state index in [0.29, 0.717) is 0 Å². The first kappa shape index (κ1) is 16.1. The van der Waals surface area contributed by atoms with Crippen LogP contribution < -0.4 is 9.47 Å². The molecule has 120 valence electrons. The predicted octanol–water partition coefficient (Wildman–Crippen LogP) is 5.71. The lowest BCUT2D eigenvalue weighted by Gasteiger charge is -2.34. The van der Waals surface area contributed by atoms with Gasteiger partial charge in [-0.1, -0.05) is 60.2 Å². The number of ether oxygens (including phenoxy) is 2. The quantitative estimate of drug-likeness (QED) is 0.407. The van der Waals surface area contributed by atoms with E-state index < -0.39 is 16.5 Å². The van der Waals surface area contributed by atoms with E-state index in [9.17, 15) is 19.4 Å². The number of rotatable bonds is 3. The highest BCUT2D eigenvalue weighted by Gasteiger charge is 2.65. The standard InChI is InChI=1S/C13H10F5NO2S/c14-22(15,16,17,18)19-13(20-11-7-3-1-4-8-11)21-12-9-5-2-6-10-12/h1-10H. The van der Waals surface area contributed by atoms with Gasteiger partial charge in [0, 0.05) is 0 Å². The van der Waals surface area contributed by atoms with Crippen LogP contribution in [0.2, 0.25) is 0 Å². The van der Waals surface area contributed by atoms with E-state index in [1.165, 1.54) is 52.9 Å². The average Bonchev–Trinajstić information content (AvgIpc) is 2.37. The molecule has 0 bridgehead atoms. The van der Waals surface area contributed by atoms with Crippen molar-refractivity contribution in [3.8, 4) is 11.5 Å². The number of para-hydroxylation sites is 2. The van der Waals surface area contributed by atoms with Gasteiger partial charge in [-0.25, -0.2) is 0 Å². The molecule has 0 heterocycles. The fourth-order valence-corrected chi connectivity index (χ4v) is 1.73. The van der Waals surface area contributed by atoms with E-state index in [0.717, 1.165) is 0 Å². The number of hydrogen-bond donors (Lipinski definition) is 0. The molecular formula is C13H10F5NO2S. The minimum atomic E-state index is -10.1. The fourth-order valence-electron chi connectivity index (χ4n) is 1.38. The van der Waals surface area contributed by atoms with Crippen LogP contribution in [0.5, 0.6) is 11.5 Å². The van der Waals surface area contributed by atoms with E-state index in [1.807, 2.05) is 0 Å². The Balaban J connectivity index is 2.35. The highest BCUT2D eigenvalue weighted by Crippen LogP contribution is 2.99. The Morgan fingerprint density at radius 1 is 0.682 bits per heavy atom. The van der Waals surface area contributed by atoms with Crippen molar-refractivity contribution < 1.29 is 28.9 Å². The summed E-state index contributed by atoms with van der Waals surface area (Å²) in [6.45, 7) is 0. The largest absolute Gasteiger partial charge is 0.413 e. The van der Waals surface area contributed by atoms with Gasteiger partial charge in [0.1, 0.15) is 11.5 Å². The zero-order valence-corrected chi connectivity index (χ0v) is 11.7. The van der Waals surface area contributed by atoms with Gasteiger partial charge in [-0.05, 0) is 24.3 Å². The summed E-state index contributed by atoms with van der Waals surface area (Å²) in [6.07, 6.45) is -1.60. The fraction of sp³-hybridized carbons (Fsp3) is 0. The summed E-state index contributed by atoms with van der Waals surface area (Å²) in [5, 5.41) is 0. The second kappa shape index (κ2) is 4.87. The van der Waals surface area contributed by atoms with Gasteiger partial charge in [0.2, 0.25) is 0 Å². The Morgan fingerprint density at radius 2 is 1.05 bits per heavy atom. The molecule has 0 saturated heterocycles. The maximum absolute atomic E-state index is 12.5. The number of halogens is 5. The molecule has 0 aliphatic carbocycles. The molecule has 0 aromatic heterocycles. The maximum atomic E-state index is 12.5. The Hall–Kier alpha value is -2.29. The van der Waals surface area contributed by atoms with Crippen LogP contribution in [-0.4, -0.2) is 6.08 Å². The van der Waals surface area contributed by atoms with Crippen LogP contribution in [0.15, 0.2) is 65.1 Å². The van der Waals surface area contributed by atoms with Crippen molar-refractivity contribution in [3.63, 3.8) is 0 Å². The van der Waals surface area contributed by atoms with Crippen molar-refractivity contribution in [2.45, 2.75) is 0 Å². The van der Waals surface area contributed by atoms with Crippen LogP contribution in [0.3, 0.4) is 0 Å². The first-order valence-electron chi connectivity index (χ1n) is 5.82. The second-order valence-electron chi connectivity index (χ2n) is 4.12. The number of hydrogen-bond acceptors (Lipinski definition) is 3. The normalized spacial score (nSPS) is 14.4. The Morgan fingerprint density at radius 3 is 1.36 bits per heavy atom. The molecular weight excluding hydrogens is 329 g/mol. The lowest BCUT2D eigenvalue weighted by atomic mass is 10.3. The first-order valence-corrected chi connectivity index (χ1v) is 7.72. The van der Waals surface area contributed by atoms with Crippen LogP contribution in [0.1, 0.15) is 0 Å². The lowest BCUT2D eigenvalue weighted by Crippen LogP contribution is -2.20. The van der Waals surface area contributed by atoms with E-state index >= 15 is 0 Å². The zero-order valence-electron chi connectivity index (χ0n) is 10.8. The Bertz CT molecular complexity index is 631. The molecule has 0 spiro atoms. The third-order valence-electron chi connectivity index (χ3n) is 2.14. The smallest absolute Gasteiger partial charge is 0.410 e. The third kappa shape index (κ3) is 6.00. The molecule has 0 amide bonds. The minimum absolute atomic E-state index is 0.126. The molecule has 0 aliphatic rings. The predicted molar refractivity (Wildman–Crippen MR) is 74.7 cm³/mol. The molecule has 2 aromatic rings. The summed E-state index contributed by atoms with van der Waals surface area (Å²) in [4.78, 5) is 0. The third-order valence-corrected chi connectivity index (χ3v) is 2.64. The van der Waals surface area contributed by atoms with E-state index in [4.69, 9.17) is 0 Å². The van der Waals surface area contributed by atoms with Gasteiger partial charge in [-0.3, -0.25) is 0 Å². The van der Waals surface area contributed by atoms with Crippen LogP contribution in [0, 0.1) is 0 Å². The summed E-state index contributed by atoms with van der Waals surface area (Å²) in [5.41, 5.74) is 0. The molecule has 3 nitrogen and oxygen atoms in total. The highest BCUT2D eigenvalue weighted by atomic mass is 32.5. The minimum Gasteiger partial charge on any atom is -0.410 e. The van der Waals surface area contributed by atoms with Gasteiger partial charge >= 0.3 is 16.5 Å². The zero-order chi connectivity index (χ0) is 16.3. The monoisotopic (exact) mass is 339 g/mol. The van der Waals surface area contributed by atoms with Crippen molar-refractivity contribution in [1.29, 1.82) is 0 Å². The molecule has 0 saturated carbocycles. The summed E-state index contributed by atoms with van der Waals surface area (Å²) < 4.78 is 73.5. The molecule has 0 unspecified atom stereocenters. The van der Waals surface area contributed by atoms with Gasteiger partial charge in [-0.2, -0.15) is 0 Å². The lowest BCUT2D eigenvalue weighted by molar-refractivity contribution is 0.347. The van der Waals surface area contributed by atoms with Gasteiger partial charge in [-0.15, -0.1) is 0 Å². The van der Waals surface area contributed by atoms with Crippen molar-refractivity contribution in [1.82, 2.24) is 0 Å². The van der Waals surface area contributed by atoms with Crippen molar-refractivity contribution in [3.05, 3.63) is 60.7 Å². The highest BCUT2D eigenvalue weighted by molar-refractivity contribution is 8.44. The topological polar surface area (TPSA) is 30.8 Å². The van der Waals surface area contributed by atoms with Crippen molar-refractivity contribution in [2.75, 3.05) is 0 Å². The van der Waals surface area contributed by atoms with Crippen LogP contribution in [-0.2, 0) is 0 Å². The van der Waals surface area contributed by atoms with Crippen LogP contribution in [0.4, 0.5) is 19.4 Å². The molecule has 2 aromatic carbocycles. The molecule has 2 rings (SSSR count). The van der Waals surface area contributed by atoms with Gasteiger partial charge in [0.05, 0.1) is 0 Å². The molecule has 0 aliphatic heterocycles. The second-order valence-corrected chi connectivity index (χ2v) is 6.15. The number of nitrogens with zero attached hydrogens (tertiary/aromatic N) is 1. The molecule has 0 atom stereocenters. The van der Waals surface area contributed by atoms with Crippen LogP contribution in [0.25, 0.3) is 0 Å². The van der Waals surface area contributed by atoms with E-state index in [1.54, 1.807) is 12.1 Å². The SMILES string of the molecule is FS(F)(F)(F)(F)N=C(Oc1ccccc1)Oc1ccccc1. The van der Waals surface area contributed by atoms with E-state index in [2.05, 4.69) is 9.47 Å². The molecule has 22 heavy (non-hydrogen) atoms.